The van der Waals surface area contributed by atoms with Gasteiger partial charge in [-0.25, -0.2) is 0 Å². The van der Waals surface area contributed by atoms with Crippen LogP contribution in [0.5, 0.6) is 0 Å². The van der Waals surface area contributed by atoms with Crippen molar-refractivity contribution in [2.75, 3.05) is 13.1 Å². The highest BCUT2D eigenvalue weighted by atomic mass is 79.9. The molecule has 28 heavy (non-hydrogen) atoms. The highest BCUT2D eigenvalue weighted by Crippen LogP contribution is 2.34. The van der Waals surface area contributed by atoms with Crippen LogP contribution in [0, 0.1) is 0 Å². The summed E-state index contributed by atoms with van der Waals surface area (Å²) in [5.41, 5.74) is 1.01. The van der Waals surface area contributed by atoms with E-state index in [1.807, 2.05) is 0 Å². The zero-order valence-electron chi connectivity index (χ0n) is 17.3. The topological polar surface area (TPSA) is 23.5 Å². The maximum Gasteiger partial charge on any atom is 0.0942 e. The Bertz CT molecular complexity index is 915. The molecule has 0 aliphatic rings. The monoisotopic (exact) mass is 441 g/mol. The molecule has 0 aromatic heterocycles. The number of halogens is 1. The standard InChI is InChI=1S/C25H32BrNO/c1-4-6-14-27(15-7-5-2)18(3)25(28)20-13-12-19-17-24(26)22-11-9-8-10-21(22)23(19)16-20/h8-13,16-18,25,28H,4-7,14-15H2,1-3H3/t18-,25-/m1/s1. The van der Waals surface area contributed by atoms with Crippen molar-refractivity contribution in [2.45, 2.75) is 58.6 Å². The number of fused-ring (bicyclic) bond motifs is 3. The summed E-state index contributed by atoms with van der Waals surface area (Å²) in [6.07, 6.45) is 4.24. The third-order valence-corrected chi connectivity index (χ3v) is 6.46. The summed E-state index contributed by atoms with van der Waals surface area (Å²) >= 11 is 3.70. The van der Waals surface area contributed by atoms with Crippen molar-refractivity contribution in [3.05, 3.63) is 58.6 Å². The molecule has 2 atom stereocenters. The summed E-state index contributed by atoms with van der Waals surface area (Å²) in [5.74, 6) is 0. The first kappa shape index (κ1) is 21.3. The Morgan fingerprint density at radius 1 is 0.893 bits per heavy atom. The molecule has 0 saturated carbocycles. The van der Waals surface area contributed by atoms with Gasteiger partial charge in [-0.15, -0.1) is 0 Å². The molecule has 0 saturated heterocycles. The summed E-state index contributed by atoms with van der Waals surface area (Å²) < 4.78 is 1.11. The zero-order chi connectivity index (χ0) is 20.1. The molecule has 0 amide bonds. The third-order valence-electron chi connectivity index (χ3n) is 5.81. The smallest absolute Gasteiger partial charge is 0.0942 e. The Labute approximate surface area is 177 Å². The van der Waals surface area contributed by atoms with Crippen molar-refractivity contribution in [1.82, 2.24) is 4.90 Å². The number of aliphatic hydroxyl groups excluding tert-OH is 1. The second-order valence-corrected chi connectivity index (χ2v) is 8.67. The first-order valence-electron chi connectivity index (χ1n) is 10.6. The van der Waals surface area contributed by atoms with Gasteiger partial charge in [0.05, 0.1) is 6.10 Å². The molecular weight excluding hydrogens is 410 g/mol. The van der Waals surface area contributed by atoms with Crippen LogP contribution >= 0.6 is 15.9 Å². The summed E-state index contributed by atoms with van der Waals surface area (Å²) in [7, 11) is 0. The summed E-state index contributed by atoms with van der Waals surface area (Å²) in [6.45, 7) is 8.73. The van der Waals surface area contributed by atoms with E-state index in [1.54, 1.807) is 0 Å². The maximum atomic E-state index is 11.2. The Hall–Kier alpha value is -1.42. The Morgan fingerprint density at radius 3 is 2.18 bits per heavy atom. The van der Waals surface area contributed by atoms with Crippen LogP contribution in [-0.2, 0) is 0 Å². The Kier molecular flexibility index (Phi) is 7.50. The molecule has 0 spiro atoms. The predicted octanol–water partition coefficient (Wildman–Crippen LogP) is 7.08. The predicted molar refractivity (Wildman–Crippen MR) is 125 cm³/mol. The van der Waals surface area contributed by atoms with Gasteiger partial charge in [-0.2, -0.15) is 0 Å². The van der Waals surface area contributed by atoms with Crippen molar-refractivity contribution in [2.24, 2.45) is 0 Å². The lowest BCUT2D eigenvalue weighted by molar-refractivity contribution is 0.0561. The van der Waals surface area contributed by atoms with Gasteiger partial charge in [-0.3, -0.25) is 4.90 Å². The van der Waals surface area contributed by atoms with E-state index < -0.39 is 6.10 Å². The molecule has 1 N–H and O–H groups in total. The van der Waals surface area contributed by atoms with Crippen molar-refractivity contribution >= 4 is 37.5 Å². The van der Waals surface area contributed by atoms with Crippen LogP contribution < -0.4 is 0 Å². The molecular formula is C25H32BrNO. The van der Waals surface area contributed by atoms with E-state index in [1.165, 1.54) is 47.2 Å². The van der Waals surface area contributed by atoms with Crippen LogP contribution in [0.2, 0.25) is 0 Å². The molecule has 3 heteroatoms. The molecule has 3 aromatic rings. The lowest BCUT2D eigenvalue weighted by Crippen LogP contribution is -2.39. The number of hydrogen-bond acceptors (Lipinski definition) is 2. The summed E-state index contributed by atoms with van der Waals surface area (Å²) in [4.78, 5) is 2.46. The zero-order valence-corrected chi connectivity index (χ0v) is 18.9. The molecule has 3 aromatic carbocycles. The average molecular weight is 442 g/mol. The van der Waals surface area contributed by atoms with E-state index in [9.17, 15) is 5.11 Å². The minimum Gasteiger partial charge on any atom is -0.387 e. The average Bonchev–Trinajstić information content (AvgIpc) is 2.73. The van der Waals surface area contributed by atoms with Crippen molar-refractivity contribution in [3.8, 4) is 0 Å². The number of unbranched alkanes of at least 4 members (excludes halogenated alkanes) is 2. The van der Waals surface area contributed by atoms with E-state index in [2.05, 4.69) is 90.1 Å². The molecule has 150 valence electrons. The Morgan fingerprint density at radius 2 is 1.54 bits per heavy atom. The van der Waals surface area contributed by atoms with Gasteiger partial charge in [0.15, 0.2) is 0 Å². The largest absolute Gasteiger partial charge is 0.387 e. The van der Waals surface area contributed by atoms with Crippen molar-refractivity contribution < 1.29 is 5.11 Å². The molecule has 0 fully saturated rings. The fourth-order valence-electron chi connectivity index (χ4n) is 3.98. The molecule has 0 bridgehead atoms. The van der Waals surface area contributed by atoms with E-state index in [-0.39, 0.29) is 6.04 Å². The van der Waals surface area contributed by atoms with Crippen molar-refractivity contribution in [1.29, 1.82) is 0 Å². The van der Waals surface area contributed by atoms with Crippen LogP contribution in [-0.4, -0.2) is 29.1 Å². The minimum absolute atomic E-state index is 0.109. The lowest BCUT2D eigenvalue weighted by atomic mass is 9.95. The molecule has 0 radical (unpaired) electrons. The highest BCUT2D eigenvalue weighted by Gasteiger charge is 2.23. The minimum atomic E-state index is -0.486. The molecule has 0 heterocycles. The van der Waals surface area contributed by atoms with Gasteiger partial charge >= 0.3 is 0 Å². The normalized spacial score (nSPS) is 14.1. The molecule has 0 unspecified atom stereocenters. The van der Waals surface area contributed by atoms with Gasteiger partial charge in [-0.1, -0.05) is 79.0 Å². The van der Waals surface area contributed by atoms with E-state index in [0.717, 1.165) is 23.1 Å². The first-order chi connectivity index (χ1) is 13.6. The van der Waals surface area contributed by atoms with Crippen LogP contribution in [0.15, 0.2) is 53.0 Å². The van der Waals surface area contributed by atoms with Crippen molar-refractivity contribution in [3.63, 3.8) is 0 Å². The van der Waals surface area contributed by atoms with E-state index in [4.69, 9.17) is 0 Å². The first-order valence-corrected chi connectivity index (χ1v) is 11.4. The van der Waals surface area contributed by atoms with Crippen LogP contribution in [0.4, 0.5) is 0 Å². The molecule has 3 rings (SSSR count). The second-order valence-electron chi connectivity index (χ2n) is 7.81. The van der Waals surface area contributed by atoms with E-state index >= 15 is 0 Å². The maximum absolute atomic E-state index is 11.2. The molecule has 2 nitrogen and oxygen atoms in total. The van der Waals surface area contributed by atoms with Gasteiger partial charge in [-0.05, 0) is 72.1 Å². The van der Waals surface area contributed by atoms with Gasteiger partial charge < -0.3 is 5.11 Å². The summed E-state index contributed by atoms with van der Waals surface area (Å²) in [6, 6.07) is 17.1. The molecule has 0 aliphatic heterocycles. The highest BCUT2D eigenvalue weighted by molar-refractivity contribution is 9.10. The van der Waals surface area contributed by atoms with Gasteiger partial charge in [0.25, 0.3) is 0 Å². The molecule has 0 aliphatic carbocycles. The van der Waals surface area contributed by atoms with Gasteiger partial charge in [0.2, 0.25) is 0 Å². The van der Waals surface area contributed by atoms with Crippen LogP contribution in [0.25, 0.3) is 21.5 Å². The number of nitrogens with zero attached hydrogens (tertiary/aromatic N) is 1. The fourth-order valence-corrected chi connectivity index (χ4v) is 4.57. The van der Waals surface area contributed by atoms with Crippen LogP contribution in [0.1, 0.15) is 58.1 Å². The number of hydrogen-bond donors (Lipinski definition) is 1. The SMILES string of the molecule is CCCCN(CCCC)[C@H](C)[C@@H](O)c1ccc2cc(Br)c3ccccc3c2c1. The van der Waals surface area contributed by atoms with Gasteiger partial charge in [0.1, 0.15) is 0 Å². The quantitative estimate of drug-likeness (QED) is 0.358. The lowest BCUT2D eigenvalue weighted by Gasteiger charge is -2.32. The fraction of sp³-hybridized carbons (Fsp3) is 0.440. The number of benzene rings is 3. The third kappa shape index (κ3) is 4.59. The van der Waals surface area contributed by atoms with E-state index in [0.29, 0.717) is 0 Å². The van der Waals surface area contributed by atoms with Gasteiger partial charge in [0, 0.05) is 10.5 Å². The number of aliphatic hydroxyl groups is 1. The van der Waals surface area contributed by atoms with Crippen LogP contribution in [0.3, 0.4) is 0 Å². The summed E-state index contributed by atoms with van der Waals surface area (Å²) in [5, 5.41) is 16.0. The second kappa shape index (κ2) is 9.87. The Balaban J connectivity index is 1.95. The number of rotatable bonds is 9.